The van der Waals surface area contributed by atoms with Crippen LogP contribution in [0.25, 0.3) is 0 Å². The first-order valence-electron chi connectivity index (χ1n) is 4.22. The van der Waals surface area contributed by atoms with E-state index in [-0.39, 0.29) is 11.1 Å². The van der Waals surface area contributed by atoms with Gasteiger partial charge in [0, 0.05) is 0 Å². The molecule has 0 fully saturated rings. The third kappa shape index (κ3) is 2.56. The van der Waals surface area contributed by atoms with Crippen LogP contribution in [0, 0.1) is 6.92 Å². The Morgan fingerprint density at radius 3 is 1.73 bits per heavy atom. The number of carbonyl (C=O) groups is 2. The highest BCUT2D eigenvalue weighted by atomic mass is 16.5. The molecule has 0 saturated carbocycles. The fourth-order valence-corrected chi connectivity index (χ4v) is 1.16. The molecule has 0 atom stereocenters. The van der Waals surface area contributed by atoms with Crippen molar-refractivity contribution in [2.45, 2.75) is 0 Å². The van der Waals surface area contributed by atoms with Crippen molar-refractivity contribution in [2.24, 2.45) is 0 Å². The summed E-state index contributed by atoms with van der Waals surface area (Å²) in [6.07, 6.45) is 0. The molecule has 0 amide bonds. The quantitative estimate of drug-likeness (QED) is 0.688. The summed E-state index contributed by atoms with van der Waals surface area (Å²) in [4.78, 5) is 22.5. The molecule has 1 radical (unpaired) electrons. The lowest BCUT2D eigenvalue weighted by atomic mass is 10.1. The number of hydrogen-bond acceptors (Lipinski definition) is 4. The van der Waals surface area contributed by atoms with Crippen molar-refractivity contribution in [2.75, 3.05) is 14.2 Å². The van der Waals surface area contributed by atoms with Gasteiger partial charge in [-0.05, 0) is 30.7 Å². The monoisotopic (exact) mass is 207 g/mol. The maximum absolute atomic E-state index is 11.2. The number of ether oxygens (including phenoxy) is 2. The standard InChI is InChI=1S/C11H11O4/c1-7-4-8(10(12)14-2)6-9(5-7)11(13)15-3/h4-6H,1H2,2-3H3. The molecule has 15 heavy (non-hydrogen) atoms. The van der Waals surface area contributed by atoms with Gasteiger partial charge in [-0.25, -0.2) is 9.59 Å². The van der Waals surface area contributed by atoms with E-state index < -0.39 is 11.9 Å². The lowest BCUT2D eigenvalue weighted by Gasteiger charge is -2.04. The van der Waals surface area contributed by atoms with Gasteiger partial charge in [-0.3, -0.25) is 0 Å². The van der Waals surface area contributed by atoms with E-state index >= 15 is 0 Å². The summed E-state index contributed by atoms with van der Waals surface area (Å²) in [6.45, 7) is 3.66. The van der Waals surface area contributed by atoms with Crippen LogP contribution >= 0.6 is 0 Å². The minimum absolute atomic E-state index is 0.283. The topological polar surface area (TPSA) is 52.6 Å². The Bertz CT molecular complexity index is 361. The summed E-state index contributed by atoms with van der Waals surface area (Å²) >= 11 is 0. The van der Waals surface area contributed by atoms with Crippen LogP contribution in [0.4, 0.5) is 0 Å². The number of rotatable bonds is 2. The van der Waals surface area contributed by atoms with E-state index in [0.29, 0.717) is 5.56 Å². The molecular formula is C11H11O4. The molecule has 0 unspecified atom stereocenters. The Labute approximate surface area is 87.8 Å². The number of hydrogen-bond donors (Lipinski definition) is 0. The maximum Gasteiger partial charge on any atom is 0.337 e. The second-order valence-electron chi connectivity index (χ2n) is 2.90. The van der Waals surface area contributed by atoms with Gasteiger partial charge in [0.15, 0.2) is 0 Å². The first kappa shape index (κ1) is 11.2. The number of carbonyl (C=O) groups excluding carboxylic acids is 2. The van der Waals surface area contributed by atoms with E-state index in [0.717, 1.165) is 0 Å². The summed E-state index contributed by atoms with van der Waals surface area (Å²) in [5, 5.41) is 0. The largest absolute Gasteiger partial charge is 0.465 e. The fraction of sp³-hybridized carbons (Fsp3) is 0.182. The first-order chi connectivity index (χ1) is 7.08. The lowest BCUT2D eigenvalue weighted by molar-refractivity contribution is 0.0599. The van der Waals surface area contributed by atoms with Crippen molar-refractivity contribution in [1.29, 1.82) is 0 Å². The van der Waals surface area contributed by atoms with Crippen molar-refractivity contribution in [3.8, 4) is 0 Å². The SMILES string of the molecule is [CH2]c1cc(C(=O)OC)cc(C(=O)OC)c1. The average molecular weight is 207 g/mol. The highest BCUT2D eigenvalue weighted by molar-refractivity contribution is 5.95. The van der Waals surface area contributed by atoms with Gasteiger partial charge in [0.2, 0.25) is 0 Å². The van der Waals surface area contributed by atoms with Crippen molar-refractivity contribution in [1.82, 2.24) is 0 Å². The minimum Gasteiger partial charge on any atom is -0.465 e. The third-order valence-electron chi connectivity index (χ3n) is 1.83. The Hall–Kier alpha value is -1.84. The molecule has 1 aromatic carbocycles. The van der Waals surface area contributed by atoms with Crippen LogP contribution in [0.1, 0.15) is 26.3 Å². The van der Waals surface area contributed by atoms with Crippen LogP contribution in [0.5, 0.6) is 0 Å². The Balaban J connectivity index is 3.16. The molecule has 1 rings (SSSR count). The highest BCUT2D eigenvalue weighted by Gasteiger charge is 2.11. The van der Waals surface area contributed by atoms with Crippen LogP contribution < -0.4 is 0 Å². The maximum atomic E-state index is 11.2. The summed E-state index contributed by atoms with van der Waals surface area (Å²) in [5.74, 6) is -1.02. The summed E-state index contributed by atoms with van der Waals surface area (Å²) in [7, 11) is 2.55. The van der Waals surface area contributed by atoms with Crippen molar-refractivity contribution in [3.63, 3.8) is 0 Å². The zero-order valence-electron chi connectivity index (χ0n) is 8.57. The number of methoxy groups -OCH3 is 2. The average Bonchev–Trinajstić information content (AvgIpc) is 2.26. The van der Waals surface area contributed by atoms with Gasteiger partial charge in [0.25, 0.3) is 0 Å². The number of benzene rings is 1. The van der Waals surface area contributed by atoms with E-state index in [1.165, 1.54) is 32.4 Å². The van der Waals surface area contributed by atoms with Gasteiger partial charge >= 0.3 is 11.9 Å². The Kier molecular flexibility index (Phi) is 3.44. The summed E-state index contributed by atoms with van der Waals surface area (Å²) in [5.41, 5.74) is 1.12. The zero-order chi connectivity index (χ0) is 11.4. The van der Waals surface area contributed by atoms with Crippen LogP contribution in [-0.2, 0) is 9.47 Å². The van der Waals surface area contributed by atoms with Crippen molar-refractivity contribution in [3.05, 3.63) is 41.8 Å². The van der Waals surface area contributed by atoms with E-state index in [1.807, 2.05) is 0 Å². The van der Waals surface area contributed by atoms with Gasteiger partial charge in [-0.2, -0.15) is 0 Å². The minimum atomic E-state index is -0.509. The molecule has 0 aliphatic heterocycles. The molecular weight excluding hydrogens is 196 g/mol. The smallest absolute Gasteiger partial charge is 0.337 e. The molecule has 0 spiro atoms. The lowest BCUT2D eigenvalue weighted by Crippen LogP contribution is -2.06. The molecule has 0 heterocycles. The van der Waals surface area contributed by atoms with Crippen LogP contribution in [-0.4, -0.2) is 26.2 Å². The van der Waals surface area contributed by atoms with E-state index in [1.54, 1.807) is 0 Å². The zero-order valence-corrected chi connectivity index (χ0v) is 8.57. The summed E-state index contributed by atoms with van der Waals surface area (Å²) < 4.78 is 9.08. The van der Waals surface area contributed by atoms with Gasteiger partial charge in [0.1, 0.15) is 0 Å². The number of esters is 2. The molecule has 1 aromatic rings. The highest BCUT2D eigenvalue weighted by Crippen LogP contribution is 2.11. The molecule has 0 aliphatic carbocycles. The van der Waals surface area contributed by atoms with Gasteiger partial charge < -0.3 is 9.47 Å². The normalized spacial score (nSPS) is 9.53. The molecule has 4 heteroatoms. The van der Waals surface area contributed by atoms with Crippen LogP contribution in [0.3, 0.4) is 0 Å². The van der Waals surface area contributed by atoms with Crippen molar-refractivity contribution < 1.29 is 19.1 Å². The first-order valence-corrected chi connectivity index (χ1v) is 4.22. The van der Waals surface area contributed by atoms with Crippen LogP contribution in [0.15, 0.2) is 18.2 Å². The molecule has 0 N–H and O–H groups in total. The predicted octanol–water partition coefficient (Wildman–Crippen LogP) is 1.44. The van der Waals surface area contributed by atoms with Gasteiger partial charge in [-0.15, -0.1) is 0 Å². The Morgan fingerprint density at radius 2 is 1.40 bits per heavy atom. The van der Waals surface area contributed by atoms with Gasteiger partial charge in [-0.1, -0.05) is 0 Å². The molecule has 0 bridgehead atoms. The molecule has 4 nitrogen and oxygen atoms in total. The molecule has 0 saturated heterocycles. The molecule has 0 aromatic heterocycles. The predicted molar refractivity (Wildman–Crippen MR) is 53.6 cm³/mol. The van der Waals surface area contributed by atoms with Gasteiger partial charge in [0.05, 0.1) is 25.3 Å². The van der Waals surface area contributed by atoms with E-state index in [4.69, 9.17) is 0 Å². The van der Waals surface area contributed by atoms with Crippen molar-refractivity contribution >= 4 is 11.9 Å². The molecule has 0 aliphatic rings. The summed E-state index contributed by atoms with van der Waals surface area (Å²) in [6, 6.07) is 4.49. The second-order valence-corrected chi connectivity index (χ2v) is 2.90. The van der Waals surface area contributed by atoms with Crippen LogP contribution in [0.2, 0.25) is 0 Å². The van der Waals surface area contributed by atoms with E-state index in [2.05, 4.69) is 16.4 Å². The molecule has 79 valence electrons. The third-order valence-corrected chi connectivity index (χ3v) is 1.83. The van der Waals surface area contributed by atoms with E-state index in [9.17, 15) is 9.59 Å². The fourth-order valence-electron chi connectivity index (χ4n) is 1.16. The Morgan fingerprint density at radius 1 is 1.00 bits per heavy atom. The second kappa shape index (κ2) is 4.59.